The Balaban J connectivity index is 2.22. The summed E-state index contributed by atoms with van der Waals surface area (Å²) in [6.07, 6.45) is 3.43. The van der Waals surface area contributed by atoms with Crippen LogP contribution in [-0.2, 0) is 6.42 Å². The third kappa shape index (κ3) is 3.88. The van der Waals surface area contributed by atoms with Gasteiger partial charge in [0.25, 0.3) is 0 Å². The first-order chi connectivity index (χ1) is 10.2. The molecule has 1 N–H and O–H groups in total. The second kappa shape index (κ2) is 7.32. The van der Waals surface area contributed by atoms with Crippen LogP contribution in [0.5, 0.6) is 0 Å². The maximum absolute atomic E-state index is 13.4. The topological polar surface area (TPSA) is 12.0 Å². The zero-order valence-corrected chi connectivity index (χ0v) is 12.5. The van der Waals surface area contributed by atoms with Crippen molar-refractivity contribution in [3.05, 3.63) is 70.8 Å². The standard InChI is InChI=1S/C18H21F2N/c1-3-4-5-13-6-8-14(9-7-13)18(21-2)15-10-11-16(19)17(20)12-15/h6-12,18,21H,3-5H2,1-2H3. The zero-order chi connectivity index (χ0) is 15.2. The highest BCUT2D eigenvalue weighted by atomic mass is 19.2. The van der Waals surface area contributed by atoms with Gasteiger partial charge in [0.15, 0.2) is 11.6 Å². The summed E-state index contributed by atoms with van der Waals surface area (Å²) in [4.78, 5) is 0. The molecule has 0 fully saturated rings. The molecule has 0 spiro atoms. The minimum Gasteiger partial charge on any atom is -0.309 e. The summed E-state index contributed by atoms with van der Waals surface area (Å²) in [6, 6.07) is 12.2. The Morgan fingerprint density at radius 1 is 0.952 bits per heavy atom. The van der Waals surface area contributed by atoms with Crippen molar-refractivity contribution in [2.75, 3.05) is 7.05 Å². The third-order valence-corrected chi connectivity index (χ3v) is 3.70. The van der Waals surface area contributed by atoms with Gasteiger partial charge in [-0.3, -0.25) is 0 Å². The van der Waals surface area contributed by atoms with Crippen LogP contribution < -0.4 is 5.32 Å². The van der Waals surface area contributed by atoms with Gasteiger partial charge in [0.1, 0.15) is 0 Å². The lowest BCUT2D eigenvalue weighted by atomic mass is 9.97. The monoisotopic (exact) mass is 289 g/mol. The molecule has 0 aliphatic rings. The molecule has 0 heterocycles. The predicted octanol–water partition coefficient (Wildman–Crippen LogP) is 4.62. The van der Waals surface area contributed by atoms with E-state index in [0.717, 1.165) is 17.5 Å². The number of rotatable bonds is 6. The molecule has 0 saturated carbocycles. The summed E-state index contributed by atoms with van der Waals surface area (Å²) < 4.78 is 26.4. The van der Waals surface area contributed by atoms with Crippen molar-refractivity contribution in [2.45, 2.75) is 32.2 Å². The molecule has 1 nitrogen and oxygen atoms in total. The molecule has 0 aromatic heterocycles. The van der Waals surface area contributed by atoms with E-state index in [0.29, 0.717) is 0 Å². The highest BCUT2D eigenvalue weighted by Crippen LogP contribution is 2.24. The lowest BCUT2D eigenvalue weighted by molar-refractivity contribution is 0.505. The van der Waals surface area contributed by atoms with Crippen LogP contribution in [-0.4, -0.2) is 7.05 Å². The predicted molar refractivity (Wildman–Crippen MR) is 82.3 cm³/mol. The van der Waals surface area contributed by atoms with Gasteiger partial charge in [0.2, 0.25) is 0 Å². The molecule has 3 heteroatoms. The van der Waals surface area contributed by atoms with E-state index in [-0.39, 0.29) is 6.04 Å². The fraction of sp³-hybridized carbons (Fsp3) is 0.333. The van der Waals surface area contributed by atoms with Crippen LogP contribution in [0.1, 0.15) is 42.5 Å². The molecular weight excluding hydrogens is 268 g/mol. The maximum Gasteiger partial charge on any atom is 0.159 e. The van der Waals surface area contributed by atoms with Gasteiger partial charge in [0.05, 0.1) is 6.04 Å². The van der Waals surface area contributed by atoms with E-state index in [1.54, 1.807) is 6.07 Å². The molecule has 0 aliphatic carbocycles. The third-order valence-electron chi connectivity index (χ3n) is 3.70. The molecule has 2 aromatic carbocycles. The van der Waals surface area contributed by atoms with Crippen LogP contribution >= 0.6 is 0 Å². The fourth-order valence-electron chi connectivity index (χ4n) is 2.48. The first kappa shape index (κ1) is 15.6. The Kier molecular flexibility index (Phi) is 5.45. The van der Waals surface area contributed by atoms with Gasteiger partial charge in [-0.05, 0) is 48.7 Å². The Labute approximate surface area is 125 Å². The van der Waals surface area contributed by atoms with Crippen LogP contribution in [0, 0.1) is 11.6 Å². The molecule has 0 amide bonds. The molecule has 0 aliphatic heterocycles. The van der Waals surface area contributed by atoms with Crippen LogP contribution in [0.15, 0.2) is 42.5 Å². The summed E-state index contributed by atoms with van der Waals surface area (Å²) in [7, 11) is 1.82. The lowest BCUT2D eigenvalue weighted by Gasteiger charge is -2.18. The highest BCUT2D eigenvalue weighted by molar-refractivity contribution is 5.34. The normalized spacial score (nSPS) is 12.4. The Hall–Kier alpha value is -1.74. The molecule has 1 unspecified atom stereocenters. The summed E-state index contributed by atoms with van der Waals surface area (Å²) in [5.74, 6) is -1.63. The molecule has 2 aromatic rings. The van der Waals surface area contributed by atoms with Gasteiger partial charge in [-0.1, -0.05) is 43.7 Å². The van der Waals surface area contributed by atoms with Gasteiger partial charge >= 0.3 is 0 Å². The summed E-state index contributed by atoms with van der Waals surface area (Å²) in [5, 5.41) is 3.15. The van der Waals surface area contributed by atoms with Gasteiger partial charge in [-0.2, -0.15) is 0 Å². The second-order valence-electron chi connectivity index (χ2n) is 5.24. The fourth-order valence-corrected chi connectivity index (χ4v) is 2.48. The quantitative estimate of drug-likeness (QED) is 0.818. The Morgan fingerprint density at radius 3 is 2.19 bits per heavy atom. The summed E-state index contributed by atoms with van der Waals surface area (Å²) in [6.45, 7) is 2.18. The minimum atomic E-state index is -0.816. The van der Waals surface area contributed by atoms with Gasteiger partial charge < -0.3 is 5.32 Å². The van der Waals surface area contributed by atoms with Crippen LogP contribution in [0.25, 0.3) is 0 Å². The second-order valence-corrected chi connectivity index (χ2v) is 5.24. The van der Waals surface area contributed by atoms with Gasteiger partial charge in [-0.15, -0.1) is 0 Å². The van der Waals surface area contributed by atoms with Crippen molar-refractivity contribution in [2.24, 2.45) is 0 Å². The van der Waals surface area contributed by atoms with Crippen molar-refractivity contribution in [3.8, 4) is 0 Å². The number of unbranched alkanes of at least 4 members (excludes halogenated alkanes) is 1. The van der Waals surface area contributed by atoms with Gasteiger partial charge in [0, 0.05) is 0 Å². The average Bonchev–Trinajstić information content (AvgIpc) is 2.50. The van der Waals surface area contributed by atoms with Crippen LogP contribution in [0.4, 0.5) is 8.78 Å². The number of hydrogen-bond donors (Lipinski definition) is 1. The Bertz CT molecular complexity index is 578. The lowest BCUT2D eigenvalue weighted by Crippen LogP contribution is -2.18. The SMILES string of the molecule is CCCCc1ccc(C(NC)c2ccc(F)c(F)c2)cc1. The maximum atomic E-state index is 13.4. The van der Waals surface area contributed by atoms with E-state index in [2.05, 4.69) is 24.4 Å². The molecule has 21 heavy (non-hydrogen) atoms. The largest absolute Gasteiger partial charge is 0.309 e. The molecule has 0 bridgehead atoms. The highest BCUT2D eigenvalue weighted by Gasteiger charge is 2.14. The molecule has 2 rings (SSSR count). The summed E-state index contributed by atoms with van der Waals surface area (Å²) >= 11 is 0. The Morgan fingerprint density at radius 2 is 1.62 bits per heavy atom. The summed E-state index contributed by atoms with van der Waals surface area (Å²) in [5.41, 5.74) is 3.07. The first-order valence-electron chi connectivity index (χ1n) is 7.36. The van der Waals surface area contributed by atoms with E-state index in [9.17, 15) is 8.78 Å². The van der Waals surface area contributed by atoms with Gasteiger partial charge in [-0.25, -0.2) is 8.78 Å². The van der Waals surface area contributed by atoms with Crippen molar-refractivity contribution in [1.82, 2.24) is 5.32 Å². The number of nitrogens with one attached hydrogen (secondary N) is 1. The van der Waals surface area contributed by atoms with E-state index < -0.39 is 11.6 Å². The number of hydrogen-bond acceptors (Lipinski definition) is 1. The molecule has 1 atom stereocenters. The van der Waals surface area contributed by atoms with Crippen molar-refractivity contribution in [1.29, 1.82) is 0 Å². The number of benzene rings is 2. The van der Waals surface area contributed by atoms with Crippen molar-refractivity contribution >= 4 is 0 Å². The van der Waals surface area contributed by atoms with Crippen molar-refractivity contribution in [3.63, 3.8) is 0 Å². The number of halogens is 2. The smallest absolute Gasteiger partial charge is 0.159 e. The molecule has 0 radical (unpaired) electrons. The van der Waals surface area contributed by atoms with E-state index >= 15 is 0 Å². The molecule has 112 valence electrons. The van der Waals surface area contributed by atoms with E-state index in [1.807, 2.05) is 19.2 Å². The van der Waals surface area contributed by atoms with E-state index in [4.69, 9.17) is 0 Å². The minimum absolute atomic E-state index is 0.139. The van der Waals surface area contributed by atoms with Crippen molar-refractivity contribution < 1.29 is 8.78 Å². The van der Waals surface area contributed by atoms with Crippen LogP contribution in [0.2, 0.25) is 0 Å². The van der Waals surface area contributed by atoms with E-state index in [1.165, 1.54) is 30.5 Å². The first-order valence-corrected chi connectivity index (χ1v) is 7.36. The zero-order valence-electron chi connectivity index (χ0n) is 12.5. The average molecular weight is 289 g/mol. The molecule has 0 saturated heterocycles. The molecular formula is C18H21F2N. The van der Waals surface area contributed by atoms with Crippen LogP contribution in [0.3, 0.4) is 0 Å². The number of aryl methyl sites for hydroxylation is 1.